The molecule has 1 fully saturated rings. The summed E-state index contributed by atoms with van der Waals surface area (Å²) in [7, 11) is 1.49. The van der Waals surface area contributed by atoms with Crippen LogP contribution in [0.25, 0.3) is 0 Å². The fraction of sp³-hybridized carbons (Fsp3) is 0.818. The zero-order valence-electron chi connectivity index (χ0n) is 10.1. The summed E-state index contributed by atoms with van der Waals surface area (Å²) >= 11 is 0. The van der Waals surface area contributed by atoms with E-state index in [2.05, 4.69) is 5.32 Å². The van der Waals surface area contributed by atoms with Crippen molar-refractivity contribution in [2.75, 3.05) is 20.3 Å². The van der Waals surface area contributed by atoms with E-state index in [0.717, 1.165) is 6.42 Å². The third-order valence-electron chi connectivity index (χ3n) is 2.87. The number of carbonyl (C=O) groups is 2. The number of carboxylic acid groups (broad SMARTS) is 1. The number of carboxylic acids is 1. The summed E-state index contributed by atoms with van der Waals surface area (Å²) in [5.41, 5.74) is 0. The molecule has 3 atom stereocenters. The molecule has 0 spiro atoms. The van der Waals surface area contributed by atoms with Gasteiger partial charge in [-0.1, -0.05) is 6.92 Å². The van der Waals surface area contributed by atoms with Crippen LogP contribution in [0, 0.1) is 5.92 Å². The first-order valence-electron chi connectivity index (χ1n) is 5.70. The predicted molar refractivity (Wildman–Crippen MR) is 59.6 cm³/mol. The Morgan fingerprint density at radius 3 is 2.76 bits per heavy atom. The maximum absolute atomic E-state index is 11.8. The zero-order valence-corrected chi connectivity index (χ0v) is 10.1. The van der Waals surface area contributed by atoms with Crippen molar-refractivity contribution < 1.29 is 24.2 Å². The van der Waals surface area contributed by atoms with Crippen molar-refractivity contribution in [2.45, 2.75) is 31.9 Å². The highest BCUT2D eigenvalue weighted by molar-refractivity contribution is 5.86. The summed E-state index contributed by atoms with van der Waals surface area (Å²) in [4.78, 5) is 22.7. The van der Waals surface area contributed by atoms with E-state index < -0.39 is 18.1 Å². The van der Waals surface area contributed by atoms with Crippen LogP contribution < -0.4 is 5.32 Å². The Bertz CT molecular complexity index is 281. The number of rotatable bonds is 6. The largest absolute Gasteiger partial charge is 0.480 e. The molecule has 1 aliphatic rings. The highest BCUT2D eigenvalue weighted by Crippen LogP contribution is 2.20. The Kier molecular flexibility index (Phi) is 5.37. The summed E-state index contributed by atoms with van der Waals surface area (Å²) in [6.07, 6.45) is 0.548. The molecule has 6 heteroatoms. The van der Waals surface area contributed by atoms with E-state index in [0.29, 0.717) is 13.2 Å². The minimum absolute atomic E-state index is 0.131. The molecule has 0 aromatic carbocycles. The molecule has 0 aromatic heterocycles. The van der Waals surface area contributed by atoms with Crippen LogP contribution in [0.1, 0.15) is 19.8 Å². The summed E-state index contributed by atoms with van der Waals surface area (Å²) in [6, 6.07) is -0.918. The first kappa shape index (κ1) is 13.9. The number of methoxy groups -OCH3 is 1. The van der Waals surface area contributed by atoms with Gasteiger partial charge in [-0.3, -0.25) is 4.79 Å². The molecule has 0 saturated carbocycles. The Morgan fingerprint density at radius 2 is 2.29 bits per heavy atom. The van der Waals surface area contributed by atoms with Gasteiger partial charge in [0, 0.05) is 26.7 Å². The predicted octanol–water partition coefficient (Wildman–Crippen LogP) is 0.0173. The summed E-state index contributed by atoms with van der Waals surface area (Å²) in [6.45, 7) is 2.76. The van der Waals surface area contributed by atoms with Gasteiger partial charge in [0.1, 0.15) is 12.1 Å². The second-order valence-corrected chi connectivity index (χ2v) is 4.24. The van der Waals surface area contributed by atoms with E-state index in [9.17, 15) is 9.59 Å². The van der Waals surface area contributed by atoms with Crippen LogP contribution in [0.5, 0.6) is 0 Å². The molecule has 0 aromatic rings. The quantitative estimate of drug-likeness (QED) is 0.689. The van der Waals surface area contributed by atoms with Gasteiger partial charge in [-0.05, 0) is 12.3 Å². The maximum atomic E-state index is 11.8. The number of amides is 1. The number of hydrogen-bond acceptors (Lipinski definition) is 4. The molecule has 3 unspecified atom stereocenters. The second kappa shape index (κ2) is 6.56. The molecule has 2 N–H and O–H groups in total. The van der Waals surface area contributed by atoms with Gasteiger partial charge in [0.2, 0.25) is 5.91 Å². The molecule has 0 bridgehead atoms. The Labute approximate surface area is 100 Å². The molecule has 1 aliphatic heterocycles. The fourth-order valence-electron chi connectivity index (χ4n) is 1.78. The number of nitrogens with one attached hydrogen (secondary N) is 1. The van der Waals surface area contributed by atoms with E-state index in [-0.39, 0.29) is 18.2 Å². The van der Waals surface area contributed by atoms with Crippen molar-refractivity contribution >= 4 is 11.9 Å². The number of hydrogen-bond donors (Lipinski definition) is 2. The van der Waals surface area contributed by atoms with Gasteiger partial charge in [0.25, 0.3) is 0 Å². The third kappa shape index (κ3) is 3.98. The lowest BCUT2D eigenvalue weighted by atomic mass is 10.0. The highest BCUT2D eigenvalue weighted by Gasteiger charge is 2.33. The minimum Gasteiger partial charge on any atom is -0.480 e. The van der Waals surface area contributed by atoms with Crippen molar-refractivity contribution in [3.05, 3.63) is 0 Å². The lowest BCUT2D eigenvalue weighted by molar-refractivity contribution is -0.144. The highest BCUT2D eigenvalue weighted by atomic mass is 16.5. The van der Waals surface area contributed by atoms with Crippen molar-refractivity contribution in [3.8, 4) is 0 Å². The normalized spacial score (nSPS) is 25.5. The number of carbonyl (C=O) groups excluding carboxylic acids is 1. The van der Waals surface area contributed by atoms with Crippen LogP contribution in [-0.4, -0.2) is 49.5 Å². The maximum Gasteiger partial charge on any atom is 0.326 e. The minimum atomic E-state index is -1.05. The summed E-state index contributed by atoms with van der Waals surface area (Å²) in [5, 5.41) is 11.4. The van der Waals surface area contributed by atoms with Gasteiger partial charge in [-0.25, -0.2) is 4.79 Å². The SMILES string of the molecule is COCCC(NC(=O)C1OCCC1C)C(=O)O. The lowest BCUT2D eigenvalue weighted by Crippen LogP contribution is -2.47. The molecular weight excluding hydrogens is 226 g/mol. The molecule has 6 nitrogen and oxygen atoms in total. The summed E-state index contributed by atoms with van der Waals surface area (Å²) in [5.74, 6) is -1.27. The topological polar surface area (TPSA) is 84.9 Å². The molecule has 98 valence electrons. The van der Waals surface area contributed by atoms with Crippen molar-refractivity contribution in [1.29, 1.82) is 0 Å². The van der Waals surface area contributed by atoms with E-state index in [1.54, 1.807) is 0 Å². The van der Waals surface area contributed by atoms with Gasteiger partial charge < -0.3 is 19.9 Å². The average molecular weight is 245 g/mol. The smallest absolute Gasteiger partial charge is 0.326 e. The van der Waals surface area contributed by atoms with Crippen LogP contribution in [0.3, 0.4) is 0 Å². The lowest BCUT2D eigenvalue weighted by Gasteiger charge is -2.18. The van der Waals surface area contributed by atoms with Crippen LogP contribution >= 0.6 is 0 Å². The fourth-order valence-corrected chi connectivity index (χ4v) is 1.78. The molecule has 1 saturated heterocycles. The van der Waals surface area contributed by atoms with E-state index in [4.69, 9.17) is 14.6 Å². The average Bonchev–Trinajstić information content (AvgIpc) is 2.70. The molecule has 0 aliphatic carbocycles. The van der Waals surface area contributed by atoms with Crippen LogP contribution in [-0.2, 0) is 19.1 Å². The van der Waals surface area contributed by atoms with Crippen molar-refractivity contribution in [2.24, 2.45) is 5.92 Å². The molecule has 0 radical (unpaired) electrons. The van der Waals surface area contributed by atoms with E-state index in [1.807, 2.05) is 6.92 Å². The molecular formula is C11H19NO5. The molecule has 1 heterocycles. The summed E-state index contributed by atoms with van der Waals surface area (Å²) < 4.78 is 10.1. The Morgan fingerprint density at radius 1 is 1.59 bits per heavy atom. The number of aliphatic carboxylic acids is 1. The van der Waals surface area contributed by atoms with E-state index >= 15 is 0 Å². The monoisotopic (exact) mass is 245 g/mol. The third-order valence-corrected chi connectivity index (χ3v) is 2.87. The Hall–Kier alpha value is -1.14. The van der Waals surface area contributed by atoms with Gasteiger partial charge in [-0.15, -0.1) is 0 Å². The standard InChI is InChI=1S/C11H19NO5/c1-7-3-6-17-9(7)10(13)12-8(11(14)15)4-5-16-2/h7-9H,3-6H2,1-2H3,(H,12,13)(H,14,15). The van der Waals surface area contributed by atoms with Gasteiger partial charge in [-0.2, -0.15) is 0 Å². The van der Waals surface area contributed by atoms with Crippen LogP contribution in [0.2, 0.25) is 0 Å². The molecule has 1 amide bonds. The second-order valence-electron chi connectivity index (χ2n) is 4.24. The molecule has 1 rings (SSSR count). The van der Waals surface area contributed by atoms with Crippen LogP contribution in [0.15, 0.2) is 0 Å². The van der Waals surface area contributed by atoms with Crippen molar-refractivity contribution in [1.82, 2.24) is 5.32 Å². The Balaban J connectivity index is 2.48. The van der Waals surface area contributed by atoms with Gasteiger partial charge >= 0.3 is 5.97 Å². The zero-order chi connectivity index (χ0) is 12.8. The van der Waals surface area contributed by atoms with E-state index in [1.165, 1.54) is 7.11 Å². The van der Waals surface area contributed by atoms with Crippen LogP contribution in [0.4, 0.5) is 0 Å². The van der Waals surface area contributed by atoms with Crippen molar-refractivity contribution in [3.63, 3.8) is 0 Å². The van der Waals surface area contributed by atoms with Gasteiger partial charge in [0.05, 0.1) is 0 Å². The molecule has 17 heavy (non-hydrogen) atoms. The number of ether oxygens (including phenoxy) is 2. The first-order chi connectivity index (χ1) is 8.06. The first-order valence-corrected chi connectivity index (χ1v) is 5.70. The van der Waals surface area contributed by atoms with Gasteiger partial charge in [0.15, 0.2) is 0 Å².